The average molecular weight is 484 g/mol. The van der Waals surface area contributed by atoms with Gasteiger partial charge in [0.1, 0.15) is 18.1 Å². The molecule has 0 spiro atoms. The highest BCUT2D eigenvalue weighted by atomic mass is 16.2. The van der Waals surface area contributed by atoms with Crippen LogP contribution in [0, 0.1) is 39.9 Å². The molecule has 35 heavy (non-hydrogen) atoms. The summed E-state index contributed by atoms with van der Waals surface area (Å²) in [5.74, 6) is -0.513. The number of aromatic nitrogens is 2. The van der Waals surface area contributed by atoms with Crippen LogP contribution in [0.1, 0.15) is 47.5 Å². The average Bonchev–Trinajstić information content (AvgIpc) is 3.27. The molecule has 0 radical (unpaired) electrons. The summed E-state index contributed by atoms with van der Waals surface area (Å²) < 4.78 is 1.67. The lowest BCUT2D eigenvalue weighted by molar-refractivity contribution is -0.142. The van der Waals surface area contributed by atoms with Gasteiger partial charge in [-0.2, -0.15) is 10.4 Å². The summed E-state index contributed by atoms with van der Waals surface area (Å²) in [7, 11) is 1.82. The number of nitrogens with zero attached hydrogens (tertiary/aromatic N) is 4. The van der Waals surface area contributed by atoms with Crippen molar-refractivity contribution in [3.05, 3.63) is 12.4 Å². The van der Waals surface area contributed by atoms with Crippen LogP contribution >= 0.6 is 0 Å². The highest BCUT2D eigenvalue weighted by molar-refractivity contribution is 5.93. The minimum Gasteiger partial charge on any atom is -0.371 e. The Labute approximate surface area is 206 Å². The van der Waals surface area contributed by atoms with Crippen LogP contribution in [0.4, 0.5) is 5.69 Å². The molecule has 10 nitrogen and oxygen atoms in total. The number of likely N-dealkylation sites (tertiary alicyclic amines) is 1. The molecule has 2 aliphatic heterocycles. The number of carbonyl (C=O) groups excluding carboxylic acids is 3. The molecule has 2 unspecified atom stereocenters. The Morgan fingerprint density at radius 3 is 2.63 bits per heavy atom. The summed E-state index contributed by atoms with van der Waals surface area (Å²) >= 11 is 0. The second kappa shape index (κ2) is 8.85. The van der Waals surface area contributed by atoms with Crippen LogP contribution in [0.5, 0.6) is 0 Å². The van der Waals surface area contributed by atoms with Crippen molar-refractivity contribution in [1.82, 2.24) is 25.3 Å². The van der Waals surface area contributed by atoms with Gasteiger partial charge in [0.05, 0.1) is 18.0 Å². The number of aryl methyl sites for hydroxylation is 1. The molecule has 3 aliphatic rings. The number of carbonyl (C=O) groups is 3. The molecule has 1 aromatic heterocycles. The van der Waals surface area contributed by atoms with E-state index in [1.54, 1.807) is 15.8 Å². The van der Waals surface area contributed by atoms with E-state index in [1.165, 1.54) is 0 Å². The van der Waals surface area contributed by atoms with Gasteiger partial charge in [-0.15, -0.1) is 0 Å². The van der Waals surface area contributed by atoms with E-state index in [4.69, 9.17) is 0 Å². The van der Waals surface area contributed by atoms with Crippen molar-refractivity contribution in [1.29, 1.82) is 5.26 Å². The highest BCUT2D eigenvalue weighted by Gasteiger charge is 2.69. The Morgan fingerprint density at radius 2 is 2.09 bits per heavy atom. The molecule has 2 saturated heterocycles. The first-order chi connectivity index (χ1) is 16.3. The number of rotatable bonds is 7. The van der Waals surface area contributed by atoms with Crippen molar-refractivity contribution < 1.29 is 14.4 Å². The van der Waals surface area contributed by atoms with E-state index in [2.05, 4.69) is 41.0 Å². The van der Waals surface area contributed by atoms with Crippen LogP contribution in [0.25, 0.3) is 0 Å². The number of amides is 3. The van der Waals surface area contributed by atoms with Gasteiger partial charge in [0.2, 0.25) is 17.7 Å². The molecule has 1 aliphatic carbocycles. The zero-order chi connectivity index (χ0) is 25.7. The SMILES string of the molecule is Cn1cc(NC(C(=O)N2C[C@H]3[C@@H]([C@H]2C(=O)NC(C#N)C[C@@H]2CCNC2=O)C3(C)C)C(C)(C)C)cn1. The molecule has 0 aromatic carbocycles. The summed E-state index contributed by atoms with van der Waals surface area (Å²) in [5, 5.41) is 22.8. The van der Waals surface area contributed by atoms with Gasteiger partial charge >= 0.3 is 0 Å². The summed E-state index contributed by atoms with van der Waals surface area (Å²) in [6.07, 6.45) is 4.43. The predicted molar refractivity (Wildman–Crippen MR) is 130 cm³/mol. The predicted octanol–water partition coefficient (Wildman–Crippen LogP) is 1.26. The smallest absolute Gasteiger partial charge is 0.246 e. The maximum atomic E-state index is 13.9. The first-order valence-electron chi connectivity index (χ1n) is 12.4. The number of nitrogens with one attached hydrogen (secondary N) is 3. The number of nitriles is 1. The van der Waals surface area contributed by atoms with Gasteiger partial charge in [0, 0.05) is 32.3 Å². The standard InChI is InChI=1S/C25H37N7O3/c1-24(2,3)20(29-16-11-28-31(6)12-16)23(35)32-13-17-18(25(17,4)5)19(32)22(34)30-15(10-26)9-14-7-8-27-21(14)33/h11-12,14-15,17-20,29H,7-9,13H2,1-6H3,(H,27,33)(H,30,34)/t14-,15?,17-,18-,19-,20?/m0/s1. The largest absolute Gasteiger partial charge is 0.371 e. The minimum atomic E-state index is -0.777. The molecular formula is C25H37N7O3. The normalized spacial score (nSPS) is 28.5. The lowest BCUT2D eigenvalue weighted by Crippen LogP contribution is -2.57. The van der Waals surface area contributed by atoms with Crippen molar-refractivity contribution >= 4 is 23.4 Å². The van der Waals surface area contributed by atoms with E-state index >= 15 is 0 Å². The van der Waals surface area contributed by atoms with Gasteiger partial charge in [-0.3, -0.25) is 19.1 Å². The third-order valence-electron chi connectivity index (χ3n) is 8.04. The van der Waals surface area contributed by atoms with Crippen LogP contribution in [-0.4, -0.2) is 63.6 Å². The fourth-order valence-electron chi connectivity index (χ4n) is 5.85. The molecule has 6 atom stereocenters. The number of hydrogen-bond donors (Lipinski definition) is 3. The number of hydrogen-bond acceptors (Lipinski definition) is 6. The minimum absolute atomic E-state index is 0.0413. The van der Waals surface area contributed by atoms with Crippen molar-refractivity contribution in [3.8, 4) is 6.07 Å². The van der Waals surface area contributed by atoms with Gasteiger partial charge in [-0.05, 0) is 35.5 Å². The summed E-state index contributed by atoms with van der Waals surface area (Å²) in [6, 6.07) is 0.164. The van der Waals surface area contributed by atoms with E-state index in [1.807, 2.05) is 34.0 Å². The molecule has 1 aromatic rings. The number of fused-ring (bicyclic) bond motifs is 1. The van der Waals surface area contributed by atoms with Crippen LogP contribution < -0.4 is 16.0 Å². The zero-order valence-electron chi connectivity index (χ0n) is 21.5. The van der Waals surface area contributed by atoms with E-state index < -0.39 is 23.5 Å². The zero-order valence-corrected chi connectivity index (χ0v) is 21.5. The van der Waals surface area contributed by atoms with Crippen LogP contribution in [0.3, 0.4) is 0 Å². The molecule has 0 bridgehead atoms. The Morgan fingerprint density at radius 1 is 1.37 bits per heavy atom. The summed E-state index contributed by atoms with van der Waals surface area (Å²) in [4.78, 5) is 41.1. The van der Waals surface area contributed by atoms with E-state index in [-0.39, 0.29) is 47.3 Å². The van der Waals surface area contributed by atoms with Gasteiger partial charge in [0.25, 0.3) is 0 Å². The van der Waals surface area contributed by atoms with Crippen molar-refractivity contribution in [2.75, 3.05) is 18.4 Å². The molecule has 3 amide bonds. The topological polar surface area (TPSA) is 132 Å². The number of anilines is 1. The summed E-state index contributed by atoms with van der Waals surface area (Å²) in [5.41, 5.74) is 0.285. The Bertz CT molecular complexity index is 1050. The van der Waals surface area contributed by atoms with Crippen molar-refractivity contribution in [3.63, 3.8) is 0 Å². The molecule has 4 rings (SSSR count). The quantitative estimate of drug-likeness (QED) is 0.535. The molecular weight excluding hydrogens is 446 g/mol. The summed E-state index contributed by atoms with van der Waals surface area (Å²) in [6.45, 7) is 11.3. The maximum absolute atomic E-state index is 13.9. The monoisotopic (exact) mass is 483 g/mol. The van der Waals surface area contributed by atoms with Gasteiger partial charge in [0.15, 0.2) is 0 Å². The van der Waals surface area contributed by atoms with Gasteiger partial charge < -0.3 is 20.9 Å². The number of piperidine rings is 1. The first-order valence-corrected chi connectivity index (χ1v) is 12.4. The Kier molecular flexibility index (Phi) is 6.32. The van der Waals surface area contributed by atoms with Crippen molar-refractivity contribution in [2.24, 2.45) is 35.6 Å². The lowest BCUT2D eigenvalue weighted by atomic mass is 9.85. The van der Waals surface area contributed by atoms with Crippen LogP contribution in [-0.2, 0) is 21.4 Å². The van der Waals surface area contributed by atoms with Gasteiger partial charge in [-0.1, -0.05) is 34.6 Å². The molecule has 1 saturated carbocycles. The third-order valence-corrected chi connectivity index (χ3v) is 8.04. The maximum Gasteiger partial charge on any atom is 0.246 e. The van der Waals surface area contributed by atoms with E-state index in [9.17, 15) is 19.6 Å². The van der Waals surface area contributed by atoms with Crippen LogP contribution in [0.15, 0.2) is 12.4 Å². The second-order valence-corrected chi connectivity index (χ2v) is 11.9. The third kappa shape index (κ3) is 4.73. The first kappa shape index (κ1) is 25.0. The molecule has 3 heterocycles. The van der Waals surface area contributed by atoms with Crippen molar-refractivity contribution in [2.45, 2.75) is 65.6 Å². The second-order valence-electron chi connectivity index (χ2n) is 11.9. The highest BCUT2D eigenvalue weighted by Crippen LogP contribution is 2.65. The Hall–Kier alpha value is -3.09. The molecule has 190 valence electrons. The lowest BCUT2D eigenvalue weighted by Gasteiger charge is -2.38. The van der Waals surface area contributed by atoms with Gasteiger partial charge in [-0.25, -0.2) is 0 Å². The van der Waals surface area contributed by atoms with E-state index in [0.717, 1.165) is 5.69 Å². The van der Waals surface area contributed by atoms with E-state index in [0.29, 0.717) is 19.5 Å². The Balaban J connectivity index is 1.53. The fraction of sp³-hybridized carbons (Fsp3) is 0.720. The van der Waals surface area contributed by atoms with Crippen LogP contribution in [0.2, 0.25) is 0 Å². The fourth-order valence-corrected chi connectivity index (χ4v) is 5.85. The molecule has 3 N–H and O–H groups in total. The molecule has 10 heteroatoms. The molecule has 3 fully saturated rings.